The van der Waals surface area contributed by atoms with Crippen molar-refractivity contribution in [3.8, 4) is 0 Å². The molecule has 368 valence electrons. The van der Waals surface area contributed by atoms with Crippen LogP contribution in [0.15, 0.2) is 267 Å². The van der Waals surface area contributed by atoms with Crippen LogP contribution in [0.4, 0.5) is 0 Å². The Labute approximate surface area is 479 Å². The van der Waals surface area contributed by atoms with Gasteiger partial charge >= 0.3 is 21.7 Å². The van der Waals surface area contributed by atoms with Crippen LogP contribution in [-0.2, 0) is 60.2 Å². The summed E-state index contributed by atoms with van der Waals surface area (Å²) in [6.07, 6.45) is 5.10. The molecule has 0 fully saturated rings. The van der Waals surface area contributed by atoms with E-state index in [0.717, 1.165) is 38.5 Å². The molecule has 0 aliphatic carbocycles. The largest absolute Gasteiger partial charge is 4.00 e. The van der Waals surface area contributed by atoms with Gasteiger partial charge in [-0.2, -0.15) is 0 Å². The van der Waals surface area contributed by atoms with Gasteiger partial charge in [-0.3, -0.25) is 0 Å². The number of aryl methyl sites for hydroxylation is 1. The first-order chi connectivity index (χ1) is 35.0. The predicted octanol–water partition coefficient (Wildman–Crippen LogP) is 4.80. The molecule has 0 aromatic heterocycles. The van der Waals surface area contributed by atoms with E-state index in [2.05, 4.69) is 274 Å². The fourth-order valence-electron chi connectivity index (χ4n) is 11.3. The molecule has 0 spiro atoms. The number of rotatable bonds is 16. The van der Waals surface area contributed by atoms with E-state index < -0.39 is 8.07 Å². The van der Waals surface area contributed by atoms with Crippen molar-refractivity contribution in [2.24, 2.45) is 0 Å². The van der Waals surface area contributed by atoms with Crippen molar-refractivity contribution >= 4 is 39.6 Å². The summed E-state index contributed by atoms with van der Waals surface area (Å²) >= 11 is 0. The molecule has 75 heavy (non-hydrogen) atoms. The molecule has 0 nitrogen and oxygen atoms in total. The summed E-state index contributed by atoms with van der Waals surface area (Å²) in [6.45, 7) is 2.40. The monoisotopic (exact) mass is 1080 g/mol. The Morgan fingerprint density at radius 1 is 0.280 bits per heavy atom. The smallest absolute Gasteiger partial charge is 1.00 e. The maximum absolute atomic E-state index is 3.35. The maximum atomic E-state index is 2.64. The van der Waals surface area contributed by atoms with Gasteiger partial charge in [0.05, 0.1) is 0 Å². The zero-order valence-corrected chi connectivity index (χ0v) is 47.1. The summed E-state index contributed by atoms with van der Waals surface area (Å²) in [7, 11) is -3.35. The number of fused-ring (bicyclic) bond motifs is 1. The quantitative estimate of drug-likeness (QED) is 0.0743. The molecule has 0 aliphatic rings. The second-order valence-electron chi connectivity index (χ2n) is 19.6. The molecule has 5 heteroatoms. The molecule has 0 amide bonds. The van der Waals surface area contributed by atoms with Crippen molar-refractivity contribution in [2.45, 2.75) is 45.4 Å². The summed E-state index contributed by atoms with van der Waals surface area (Å²) in [5.41, 5.74) is 17.4. The maximum Gasteiger partial charge on any atom is 4.00 e. The normalized spacial score (nSPS) is 10.9. The van der Waals surface area contributed by atoms with Crippen LogP contribution < -0.4 is 58.0 Å². The van der Waals surface area contributed by atoms with E-state index in [1.54, 1.807) is 0 Å². The van der Waals surface area contributed by atoms with Gasteiger partial charge in [-0.05, 0) is 105 Å². The van der Waals surface area contributed by atoms with Gasteiger partial charge in [-0.1, -0.05) is 265 Å². The number of hydrogen-bond donors (Lipinski definition) is 0. The number of benzene rings is 10. The van der Waals surface area contributed by atoms with Crippen LogP contribution in [0.1, 0.15) is 72.3 Å². The van der Waals surface area contributed by atoms with E-state index in [4.69, 9.17) is 0 Å². The Morgan fingerprint density at radius 3 is 0.760 bits per heavy atom. The third kappa shape index (κ3) is 13.2. The molecule has 0 radical (unpaired) electrons. The second kappa shape index (κ2) is 26.4. The minimum atomic E-state index is -3.35. The Balaban J connectivity index is 0.00000205. The molecule has 0 heterocycles. The average molecular weight is 1080 g/mol. The van der Waals surface area contributed by atoms with Crippen molar-refractivity contribution in [1.29, 1.82) is 0 Å². The first-order valence-electron chi connectivity index (χ1n) is 25.3. The summed E-state index contributed by atoms with van der Waals surface area (Å²) in [5.74, 6) is 0. The Kier molecular flexibility index (Phi) is 19.8. The van der Waals surface area contributed by atoms with Crippen LogP contribution in [0.3, 0.4) is 0 Å². The Morgan fingerprint density at radius 2 is 0.507 bits per heavy atom. The van der Waals surface area contributed by atoms with E-state index in [0.29, 0.717) is 0 Å². The summed E-state index contributed by atoms with van der Waals surface area (Å²) in [6, 6.07) is 101. The van der Waals surface area contributed by atoms with Crippen LogP contribution in [0.25, 0.3) is 10.8 Å². The fraction of sp³-hybridized carbons (Fsp3) is 0.100. The van der Waals surface area contributed by atoms with Crippen molar-refractivity contribution in [1.82, 2.24) is 0 Å². The van der Waals surface area contributed by atoms with Gasteiger partial charge in [0.25, 0.3) is 0 Å². The molecule has 0 atom stereocenters. The summed E-state index contributed by atoms with van der Waals surface area (Å²) in [4.78, 5) is 0. The van der Waals surface area contributed by atoms with Crippen LogP contribution in [0, 0.1) is 6.92 Å². The Bertz CT molecular complexity index is 3030. The van der Waals surface area contributed by atoms with Crippen molar-refractivity contribution in [3.05, 3.63) is 339 Å². The topological polar surface area (TPSA) is 0 Å². The van der Waals surface area contributed by atoms with Crippen LogP contribution in [0.5, 0.6) is 0 Å². The third-order valence-electron chi connectivity index (χ3n) is 14.3. The molecule has 11 aromatic carbocycles. The minimum absolute atomic E-state index is 0. The van der Waals surface area contributed by atoms with Gasteiger partial charge in [0.1, 0.15) is 8.07 Å². The minimum Gasteiger partial charge on any atom is -1.00 e. The van der Waals surface area contributed by atoms with Crippen LogP contribution in [-0.4, -0.2) is 8.07 Å². The first kappa shape index (κ1) is 56.3. The molecule has 0 bridgehead atoms. The molecular weight excluding hydrogens is 1020 g/mol. The van der Waals surface area contributed by atoms with Crippen molar-refractivity contribution in [3.63, 3.8) is 0 Å². The summed E-state index contributed by atoms with van der Waals surface area (Å²) < 4.78 is 0. The van der Waals surface area contributed by atoms with Crippen LogP contribution >= 0.6 is 0 Å². The van der Waals surface area contributed by atoms with Gasteiger partial charge in [0, 0.05) is 0 Å². The fourth-order valence-corrected chi connectivity index (χ4v) is 16.9. The molecule has 0 saturated carbocycles. The molecule has 0 saturated heterocycles. The average Bonchev–Trinajstić information content (AvgIpc) is 3.74. The zero-order valence-electron chi connectivity index (χ0n) is 42.3. The van der Waals surface area contributed by atoms with Crippen molar-refractivity contribution < 1.29 is 58.9 Å². The molecule has 0 N–H and O–H groups in total. The summed E-state index contributed by atoms with van der Waals surface area (Å²) in [5, 5.41) is 8.44. The van der Waals surface area contributed by atoms with Crippen molar-refractivity contribution in [2.75, 3.05) is 0 Å². The van der Waals surface area contributed by atoms with Gasteiger partial charge in [-0.25, -0.2) is 0 Å². The van der Waals surface area contributed by atoms with Gasteiger partial charge in [0.15, 0.2) is 0 Å². The van der Waals surface area contributed by atoms with E-state index in [-0.39, 0.29) is 58.9 Å². The standard InChI is InChI=1S/C70H59Si.3ClH.Ti/c1-52-36-65-34-20-21-35-69(65)70(52)71(66-46-59(37-53-22-8-2-9-23-53)43-60(47-66)38-54-24-10-3-11-25-54,67-48-61(39-55-26-12-4-13-27-55)44-62(49-67)40-56-28-14-5-15-29-56)68-50-63(41-57-30-16-6-17-31-57)45-64(51-68)42-58-32-18-7-19-33-58;;;;/h2-36,43-51H,37-42H2,1H3;3*1H;/q-1;;;;+4/p-3. The molecule has 11 aromatic rings. The molecular formula is C70H59Cl3SiTi. The first-order valence-corrected chi connectivity index (χ1v) is 27.3. The zero-order chi connectivity index (χ0) is 47.8. The third-order valence-corrected chi connectivity index (χ3v) is 19.2. The van der Waals surface area contributed by atoms with Gasteiger partial charge in [0.2, 0.25) is 0 Å². The van der Waals surface area contributed by atoms with E-state index in [1.165, 1.54) is 104 Å². The SMILES string of the molecule is Cc1[cH-]c2ccccc2c1[Si](c1cc(Cc2ccccc2)cc(Cc2ccccc2)c1)(c1cc(Cc2ccccc2)cc(Cc2ccccc2)c1)c1cc(Cc2ccccc2)cc(Cc2ccccc2)c1.[Cl-].[Cl-].[Cl-].[Ti+4]. The van der Waals surface area contributed by atoms with E-state index in [9.17, 15) is 0 Å². The Hall–Kier alpha value is -6.39. The van der Waals surface area contributed by atoms with E-state index >= 15 is 0 Å². The predicted molar refractivity (Wildman–Crippen MR) is 303 cm³/mol. The van der Waals surface area contributed by atoms with Gasteiger partial charge < -0.3 is 37.2 Å². The van der Waals surface area contributed by atoms with Crippen LogP contribution in [0.2, 0.25) is 0 Å². The number of halogens is 3. The molecule has 11 rings (SSSR count). The number of hydrogen-bond acceptors (Lipinski definition) is 0. The van der Waals surface area contributed by atoms with E-state index in [1.807, 2.05) is 0 Å². The molecule has 0 aliphatic heterocycles. The van der Waals surface area contributed by atoms with Gasteiger partial charge in [-0.15, -0.1) is 45.8 Å². The molecule has 0 unspecified atom stereocenters. The second-order valence-corrected chi connectivity index (χ2v) is 23.4.